The first-order valence-electron chi connectivity index (χ1n) is 9.90. The molecule has 5 heteroatoms. The number of hydrogen-bond donors (Lipinski definition) is 0. The van der Waals surface area contributed by atoms with Gasteiger partial charge < -0.3 is 4.90 Å². The molecule has 0 N–H and O–H groups in total. The number of benzene rings is 2. The molecule has 0 atom stereocenters. The van der Waals surface area contributed by atoms with Gasteiger partial charge in [0.2, 0.25) is 0 Å². The van der Waals surface area contributed by atoms with Crippen molar-refractivity contribution in [2.24, 2.45) is 0 Å². The summed E-state index contributed by atoms with van der Waals surface area (Å²) in [6.07, 6.45) is 4.60. The Hall–Kier alpha value is -2.92. The molecule has 1 amide bonds. The highest BCUT2D eigenvalue weighted by atomic mass is 16.2. The van der Waals surface area contributed by atoms with Gasteiger partial charge in [-0.05, 0) is 17.5 Å². The predicted octanol–water partition coefficient (Wildman–Crippen LogP) is 2.93. The number of amides is 1. The van der Waals surface area contributed by atoms with E-state index < -0.39 is 0 Å². The minimum absolute atomic E-state index is 0.0852. The molecule has 4 rings (SSSR count). The van der Waals surface area contributed by atoms with Gasteiger partial charge in [-0.1, -0.05) is 60.7 Å². The monoisotopic (exact) mass is 374 g/mol. The van der Waals surface area contributed by atoms with Crippen LogP contribution in [0.4, 0.5) is 0 Å². The zero-order valence-electron chi connectivity index (χ0n) is 16.1. The third-order valence-corrected chi connectivity index (χ3v) is 5.29. The molecule has 1 fully saturated rings. The lowest BCUT2D eigenvalue weighted by Gasteiger charge is -2.34. The van der Waals surface area contributed by atoms with Crippen LogP contribution in [0.3, 0.4) is 0 Å². The molecule has 1 aromatic heterocycles. The van der Waals surface area contributed by atoms with Gasteiger partial charge in [-0.25, -0.2) is 0 Å². The van der Waals surface area contributed by atoms with Gasteiger partial charge in [0.15, 0.2) is 0 Å². The van der Waals surface area contributed by atoms with Crippen molar-refractivity contribution in [3.05, 3.63) is 89.7 Å². The van der Waals surface area contributed by atoms with E-state index in [1.165, 1.54) is 11.1 Å². The molecule has 1 aliphatic rings. The van der Waals surface area contributed by atoms with Crippen molar-refractivity contribution in [1.29, 1.82) is 0 Å². The number of piperazine rings is 1. The van der Waals surface area contributed by atoms with E-state index in [9.17, 15) is 4.79 Å². The third-order valence-electron chi connectivity index (χ3n) is 5.29. The van der Waals surface area contributed by atoms with Crippen LogP contribution >= 0.6 is 0 Å². The zero-order valence-corrected chi connectivity index (χ0v) is 16.1. The SMILES string of the molecule is O=C(c1cnn(Cc2ccccc2)c1)N1CCN(CCc2ccccc2)CC1. The summed E-state index contributed by atoms with van der Waals surface area (Å²) in [6, 6.07) is 20.7. The van der Waals surface area contributed by atoms with Crippen molar-refractivity contribution >= 4 is 5.91 Å². The van der Waals surface area contributed by atoms with Crippen molar-refractivity contribution in [1.82, 2.24) is 19.6 Å². The number of nitrogens with zero attached hydrogens (tertiary/aromatic N) is 4. The fourth-order valence-electron chi connectivity index (χ4n) is 3.62. The fraction of sp³-hybridized carbons (Fsp3) is 0.304. The molecule has 2 heterocycles. The minimum Gasteiger partial charge on any atom is -0.336 e. The summed E-state index contributed by atoms with van der Waals surface area (Å²) >= 11 is 0. The van der Waals surface area contributed by atoms with E-state index in [0.29, 0.717) is 12.1 Å². The highest BCUT2D eigenvalue weighted by molar-refractivity contribution is 5.93. The normalized spacial score (nSPS) is 14.9. The van der Waals surface area contributed by atoms with Crippen molar-refractivity contribution in [3.8, 4) is 0 Å². The van der Waals surface area contributed by atoms with Crippen LogP contribution in [0.2, 0.25) is 0 Å². The Labute approximate surface area is 166 Å². The molecule has 0 saturated carbocycles. The smallest absolute Gasteiger partial charge is 0.257 e. The minimum atomic E-state index is 0.0852. The number of carbonyl (C=O) groups is 1. The van der Waals surface area contributed by atoms with E-state index >= 15 is 0 Å². The molecule has 1 saturated heterocycles. The third kappa shape index (κ3) is 4.67. The summed E-state index contributed by atoms with van der Waals surface area (Å²) in [5.41, 5.74) is 3.22. The molecular weight excluding hydrogens is 348 g/mol. The van der Waals surface area contributed by atoms with Crippen LogP contribution in [-0.2, 0) is 13.0 Å². The van der Waals surface area contributed by atoms with Crippen LogP contribution in [0.1, 0.15) is 21.5 Å². The van der Waals surface area contributed by atoms with Gasteiger partial charge in [0.05, 0.1) is 18.3 Å². The fourth-order valence-corrected chi connectivity index (χ4v) is 3.62. The maximum Gasteiger partial charge on any atom is 0.257 e. The number of rotatable bonds is 6. The van der Waals surface area contributed by atoms with Gasteiger partial charge in [-0.15, -0.1) is 0 Å². The summed E-state index contributed by atoms with van der Waals surface area (Å²) < 4.78 is 1.83. The molecule has 5 nitrogen and oxygen atoms in total. The number of carbonyl (C=O) groups excluding carboxylic acids is 1. The van der Waals surface area contributed by atoms with Gasteiger partial charge in [0.25, 0.3) is 5.91 Å². The number of hydrogen-bond acceptors (Lipinski definition) is 3. The quantitative estimate of drug-likeness (QED) is 0.666. The first-order valence-corrected chi connectivity index (χ1v) is 9.90. The van der Waals surface area contributed by atoms with Crippen LogP contribution in [-0.4, -0.2) is 58.2 Å². The molecule has 3 aromatic rings. The molecule has 28 heavy (non-hydrogen) atoms. The second kappa shape index (κ2) is 8.85. The number of aromatic nitrogens is 2. The van der Waals surface area contributed by atoms with E-state index in [0.717, 1.165) is 39.1 Å². The van der Waals surface area contributed by atoms with Crippen molar-refractivity contribution in [2.75, 3.05) is 32.7 Å². The molecule has 0 aliphatic carbocycles. The van der Waals surface area contributed by atoms with Gasteiger partial charge in [0.1, 0.15) is 0 Å². The Morgan fingerprint density at radius 3 is 2.18 bits per heavy atom. The van der Waals surface area contributed by atoms with Gasteiger partial charge in [0, 0.05) is 38.9 Å². The van der Waals surface area contributed by atoms with Crippen LogP contribution in [0, 0.1) is 0 Å². The van der Waals surface area contributed by atoms with Gasteiger partial charge in [-0.3, -0.25) is 14.4 Å². The standard InChI is InChI=1S/C23H26N4O/c28-23(22-17-24-27(19-22)18-21-9-5-2-6-10-21)26-15-13-25(14-16-26)12-11-20-7-3-1-4-8-20/h1-10,17,19H,11-16,18H2. The maximum atomic E-state index is 12.8. The molecule has 1 aliphatic heterocycles. The maximum absolute atomic E-state index is 12.8. The Kier molecular flexibility index (Phi) is 5.83. The Morgan fingerprint density at radius 1 is 0.857 bits per heavy atom. The molecule has 0 radical (unpaired) electrons. The molecule has 0 unspecified atom stereocenters. The lowest BCUT2D eigenvalue weighted by Crippen LogP contribution is -2.49. The highest BCUT2D eigenvalue weighted by Crippen LogP contribution is 2.11. The second-order valence-electron chi connectivity index (χ2n) is 7.28. The average molecular weight is 374 g/mol. The second-order valence-corrected chi connectivity index (χ2v) is 7.28. The molecule has 144 valence electrons. The summed E-state index contributed by atoms with van der Waals surface area (Å²) in [5.74, 6) is 0.0852. The van der Waals surface area contributed by atoms with Crippen molar-refractivity contribution in [3.63, 3.8) is 0 Å². The first-order chi connectivity index (χ1) is 13.8. The largest absolute Gasteiger partial charge is 0.336 e. The van der Waals surface area contributed by atoms with E-state index in [1.807, 2.05) is 34.0 Å². The Balaban J connectivity index is 1.27. The average Bonchev–Trinajstić information content (AvgIpc) is 3.22. The lowest BCUT2D eigenvalue weighted by molar-refractivity contribution is 0.0638. The highest BCUT2D eigenvalue weighted by Gasteiger charge is 2.22. The van der Waals surface area contributed by atoms with Crippen LogP contribution in [0.25, 0.3) is 0 Å². The Bertz CT molecular complexity index is 883. The van der Waals surface area contributed by atoms with Gasteiger partial charge >= 0.3 is 0 Å². The van der Waals surface area contributed by atoms with Crippen LogP contribution < -0.4 is 0 Å². The van der Waals surface area contributed by atoms with E-state index in [-0.39, 0.29) is 5.91 Å². The predicted molar refractivity (Wildman–Crippen MR) is 110 cm³/mol. The van der Waals surface area contributed by atoms with Crippen molar-refractivity contribution in [2.45, 2.75) is 13.0 Å². The van der Waals surface area contributed by atoms with Gasteiger partial charge in [-0.2, -0.15) is 5.10 Å². The lowest BCUT2D eigenvalue weighted by atomic mass is 10.1. The molecule has 2 aromatic carbocycles. The van der Waals surface area contributed by atoms with Crippen molar-refractivity contribution < 1.29 is 4.79 Å². The molecule has 0 spiro atoms. The summed E-state index contributed by atoms with van der Waals surface area (Å²) in [6.45, 7) is 5.13. The van der Waals surface area contributed by atoms with E-state index in [4.69, 9.17) is 0 Å². The molecular formula is C23H26N4O. The van der Waals surface area contributed by atoms with E-state index in [1.54, 1.807) is 6.20 Å². The van der Waals surface area contributed by atoms with Crippen LogP contribution in [0.15, 0.2) is 73.1 Å². The first kappa shape index (κ1) is 18.4. The Morgan fingerprint density at radius 2 is 1.50 bits per heavy atom. The summed E-state index contributed by atoms with van der Waals surface area (Å²) in [5, 5.41) is 4.36. The topological polar surface area (TPSA) is 41.4 Å². The summed E-state index contributed by atoms with van der Waals surface area (Å²) in [7, 11) is 0. The van der Waals surface area contributed by atoms with E-state index in [2.05, 4.69) is 52.5 Å². The summed E-state index contributed by atoms with van der Waals surface area (Å²) in [4.78, 5) is 17.2. The molecule has 0 bridgehead atoms. The zero-order chi connectivity index (χ0) is 19.2. The van der Waals surface area contributed by atoms with Crippen LogP contribution in [0.5, 0.6) is 0 Å².